The van der Waals surface area contributed by atoms with Crippen LogP contribution in [0.4, 0.5) is 10.7 Å². The molecule has 7 nitrogen and oxygen atoms in total. The van der Waals surface area contributed by atoms with Gasteiger partial charge in [-0.15, -0.1) is 0 Å². The molecule has 1 aromatic carbocycles. The molecule has 0 bridgehead atoms. The van der Waals surface area contributed by atoms with E-state index in [1.54, 1.807) is 4.90 Å². The molecule has 7 heteroatoms. The fraction of sp³-hybridized carbons (Fsp3) is 0.526. The number of nitrogens with one attached hydrogen (secondary N) is 2. The fourth-order valence-corrected chi connectivity index (χ4v) is 3.16. The first-order valence-electron chi connectivity index (χ1n) is 9.26. The Morgan fingerprint density at radius 2 is 1.88 bits per heavy atom. The molecule has 3 rings (SSSR count). The van der Waals surface area contributed by atoms with Crippen molar-refractivity contribution in [1.29, 1.82) is 0 Å². The second-order valence-corrected chi connectivity index (χ2v) is 7.19. The van der Waals surface area contributed by atoms with Crippen LogP contribution in [0.1, 0.15) is 34.1 Å². The zero-order valence-corrected chi connectivity index (χ0v) is 15.8. The molecule has 1 aliphatic rings. The molecule has 0 saturated carbocycles. The van der Waals surface area contributed by atoms with Gasteiger partial charge in [-0.3, -0.25) is 9.69 Å². The highest BCUT2D eigenvalue weighted by molar-refractivity contribution is 5.96. The SMILES string of the molecule is CCC(C)NC(=O)[C@@H](NC(=O)N1CCn2c1nc1ccccc12)C(C)C. The summed E-state index contributed by atoms with van der Waals surface area (Å²) in [5.41, 5.74) is 1.89. The number of nitrogens with zero attached hydrogens (tertiary/aromatic N) is 3. The third-order valence-corrected chi connectivity index (χ3v) is 4.90. The van der Waals surface area contributed by atoms with E-state index in [2.05, 4.69) is 15.6 Å². The lowest BCUT2D eigenvalue weighted by Gasteiger charge is -2.25. The number of imidazole rings is 1. The Labute approximate surface area is 153 Å². The first-order chi connectivity index (χ1) is 12.4. The molecule has 2 atom stereocenters. The van der Waals surface area contributed by atoms with E-state index in [1.807, 2.05) is 56.5 Å². The Morgan fingerprint density at radius 3 is 2.58 bits per heavy atom. The Bertz CT molecular complexity index is 813. The van der Waals surface area contributed by atoms with Crippen LogP contribution in [0.25, 0.3) is 11.0 Å². The average Bonchev–Trinajstić information content (AvgIpc) is 3.17. The first kappa shape index (κ1) is 18.2. The quantitative estimate of drug-likeness (QED) is 0.863. The summed E-state index contributed by atoms with van der Waals surface area (Å²) in [5, 5.41) is 5.85. The molecule has 2 N–H and O–H groups in total. The van der Waals surface area contributed by atoms with Crippen LogP contribution < -0.4 is 15.5 Å². The normalized spacial score (nSPS) is 15.8. The van der Waals surface area contributed by atoms with Gasteiger partial charge in [0.15, 0.2) is 0 Å². The van der Waals surface area contributed by atoms with Crippen molar-refractivity contribution in [3.8, 4) is 0 Å². The molecular weight excluding hydrogens is 330 g/mol. The minimum absolute atomic E-state index is 0.00979. The molecule has 0 aliphatic carbocycles. The van der Waals surface area contributed by atoms with Crippen LogP contribution in [-0.4, -0.2) is 40.1 Å². The van der Waals surface area contributed by atoms with E-state index in [-0.39, 0.29) is 23.9 Å². The van der Waals surface area contributed by atoms with Crippen molar-refractivity contribution in [2.45, 2.75) is 52.7 Å². The minimum Gasteiger partial charge on any atom is -0.352 e. The molecule has 1 unspecified atom stereocenters. The number of rotatable bonds is 5. The Hall–Kier alpha value is -2.57. The lowest BCUT2D eigenvalue weighted by Crippen LogP contribution is -2.54. The molecule has 0 spiro atoms. The summed E-state index contributed by atoms with van der Waals surface area (Å²) in [5.74, 6) is 0.480. The number of benzene rings is 1. The molecule has 1 aliphatic heterocycles. The lowest BCUT2D eigenvalue weighted by molar-refractivity contribution is -0.124. The maximum atomic E-state index is 12.8. The second kappa shape index (κ2) is 7.35. The van der Waals surface area contributed by atoms with E-state index in [1.165, 1.54) is 0 Å². The van der Waals surface area contributed by atoms with Crippen molar-refractivity contribution >= 4 is 28.9 Å². The Morgan fingerprint density at radius 1 is 1.15 bits per heavy atom. The number of urea groups is 1. The molecule has 0 fully saturated rings. The number of anilines is 1. The summed E-state index contributed by atoms with van der Waals surface area (Å²) in [6.45, 7) is 9.09. The van der Waals surface area contributed by atoms with Gasteiger partial charge in [-0.1, -0.05) is 32.9 Å². The van der Waals surface area contributed by atoms with Gasteiger partial charge in [-0.25, -0.2) is 9.78 Å². The van der Waals surface area contributed by atoms with Crippen molar-refractivity contribution in [1.82, 2.24) is 20.2 Å². The van der Waals surface area contributed by atoms with Gasteiger partial charge in [-0.2, -0.15) is 0 Å². The highest BCUT2D eigenvalue weighted by atomic mass is 16.2. The maximum Gasteiger partial charge on any atom is 0.324 e. The van der Waals surface area contributed by atoms with Crippen molar-refractivity contribution in [3.05, 3.63) is 24.3 Å². The first-order valence-corrected chi connectivity index (χ1v) is 9.26. The summed E-state index contributed by atoms with van der Waals surface area (Å²) >= 11 is 0. The number of para-hydroxylation sites is 2. The van der Waals surface area contributed by atoms with E-state index in [0.29, 0.717) is 19.0 Å². The zero-order valence-electron chi connectivity index (χ0n) is 15.8. The summed E-state index contributed by atoms with van der Waals surface area (Å²) in [7, 11) is 0. The largest absolute Gasteiger partial charge is 0.352 e. The summed E-state index contributed by atoms with van der Waals surface area (Å²) in [6.07, 6.45) is 0.848. The van der Waals surface area contributed by atoms with Gasteiger partial charge >= 0.3 is 6.03 Å². The van der Waals surface area contributed by atoms with Crippen molar-refractivity contribution in [2.24, 2.45) is 5.92 Å². The summed E-state index contributed by atoms with van der Waals surface area (Å²) < 4.78 is 2.04. The van der Waals surface area contributed by atoms with Crippen molar-refractivity contribution < 1.29 is 9.59 Å². The minimum atomic E-state index is -0.574. The van der Waals surface area contributed by atoms with Crippen LogP contribution >= 0.6 is 0 Å². The topological polar surface area (TPSA) is 79.3 Å². The second-order valence-electron chi connectivity index (χ2n) is 7.19. The number of amides is 3. The molecule has 0 saturated heterocycles. The molecule has 140 valence electrons. The third-order valence-electron chi connectivity index (χ3n) is 4.90. The molecule has 0 radical (unpaired) electrons. The van der Waals surface area contributed by atoms with Crippen LogP contribution in [0, 0.1) is 5.92 Å². The summed E-state index contributed by atoms with van der Waals surface area (Å²) in [4.78, 5) is 31.6. The van der Waals surface area contributed by atoms with Crippen molar-refractivity contribution in [2.75, 3.05) is 11.4 Å². The molecule has 26 heavy (non-hydrogen) atoms. The van der Waals surface area contributed by atoms with Crippen LogP contribution in [0.3, 0.4) is 0 Å². The molecule has 2 aromatic rings. The van der Waals surface area contributed by atoms with Gasteiger partial charge < -0.3 is 15.2 Å². The molecule has 3 amide bonds. The molecular formula is C19H27N5O2. The predicted molar refractivity (Wildman–Crippen MR) is 102 cm³/mol. The highest BCUT2D eigenvalue weighted by Gasteiger charge is 2.32. The molecule has 1 aromatic heterocycles. The van der Waals surface area contributed by atoms with Crippen LogP contribution in [0.2, 0.25) is 0 Å². The van der Waals surface area contributed by atoms with Gasteiger partial charge in [0, 0.05) is 19.1 Å². The lowest BCUT2D eigenvalue weighted by atomic mass is 10.0. The van der Waals surface area contributed by atoms with Gasteiger partial charge in [0.1, 0.15) is 6.04 Å². The molecule has 2 heterocycles. The van der Waals surface area contributed by atoms with Gasteiger partial charge in [0.25, 0.3) is 0 Å². The maximum absolute atomic E-state index is 12.8. The van der Waals surface area contributed by atoms with Gasteiger partial charge in [0.2, 0.25) is 11.9 Å². The summed E-state index contributed by atoms with van der Waals surface area (Å²) in [6, 6.07) is 7.07. The number of carbonyl (C=O) groups is 2. The van der Waals surface area contributed by atoms with E-state index in [0.717, 1.165) is 17.5 Å². The van der Waals surface area contributed by atoms with Gasteiger partial charge in [-0.05, 0) is 31.4 Å². The number of fused-ring (bicyclic) bond motifs is 3. The van der Waals surface area contributed by atoms with Crippen molar-refractivity contribution in [3.63, 3.8) is 0 Å². The van der Waals surface area contributed by atoms with E-state index in [9.17, 15) is 9.59 Å². The van der Waals surface area contributed by atoms with E-state index in [4.69, 9.17) is 0 Å². The predicted octanol–water partition coefficient (Wildman–Crippen LogP) is 2.51. The number of hydrogen-bond donors (Lipinski definition) is 2. The number of hydrogen-bond acceptors (Lipinski definition) is 3. The van der Waals surface area contributed by atoms with E-state index >= 15 is 0 Å². The van der Waals surface area contributed by atoms with Crippen LogP contribution in [0.5, 0.6) is 0 Å². The smallest absolute Gasteiger partial charge is 0.324 e. The van der Waals surface area contributed by atoms with E-state index < -0.39 is 6.04 Å². The number of aromatic nitrogens is 2. The zero-order chi connectivity index (χ0) is 18.8. The average molecular weight is 357 g/mol. The Kier molecular flexibility index (Phi) is 5.15. The van der Waals surface area contributed by atoms with Crippen LogP contribution in [-0.2, 0) is 11.3 Å². The van der Waals surface area contributed by atoms with Gasteiger partial charge in [0.05, 0.1) is 11.0 Å². The number of carbonyl (C=O) groups excluding carboxylic acids is 2. The van der Waals surface area contributed by atoms with Crippen LogP contribution in [0.15, 0.2) is 24.3 Å². The monoisotopic (exact) mass is 357 g/mol. The Balaban J connectivity index is 1.76. The highest BCUT2D eigenvalue weighted by Crippen LogP contribution is 2.27. The standard InChI is InChI=1S/C19H27N5O2/c1-5-13(4)20-17(25)16(12(2)3)22-19(26)24-11-10-23-15-9-7-6-8-14(15)21-18(23)24/h6-9,12-13,16H,5,10-11H2,1-4H3,(H,20,25)(H,22,26)/t13?,16-/m0/s1. The third kappa shape index (κ3) is 3.38. The fourth-order valence-electron chi connectivity index (χ4n) is 3.16.